The summed E-state index contributed by atoms with van der Waals surface area (Å²) in [5.74, 6) is 0. The smallest absolute Gasteiger partial charge is 0.0615 e. The molecule has 2 aromatic heterocycles. The van der Waals surface area contributed by atoms with Crippen molar-refractivity contribution in [2.24, 2.45) is 0 Å². The van der Waals surface area contributed by atoms with Crippen LogP contribution >= 0.6 is 0 Å². The second-order valence-corrected chi connectivity index (χ2v) is 11.3. The van der Waals surface area contributed by atoms with E-state index in [1.807, 2.05) is 18.5 Å². The molecule has 0 fully saturated rings. The first-order valence-electron chi connectivity index (χ1n) is 14.8. The summed E-state index contributed by atoms with van der Waals surface area (Å²) in [4.78, 5) is 4.34. The highest BCUT2D eigenvalue weighted by Crippen LogP contribution is 2.39. The van der Waals surface area contributed by atoms with Crippen molar-refractivity contribution in [3.8, 4) is 16.8 Å². The molecule has 0 aliphatic carbocycles. The minimum Gasteiger partial charge on any atom is -0.309 e. The van der Waals surface area contributed by atoms with Crippen molar-refractivity contribution in [1.29, 1.82) is 0 Å². The van der Waals surface area contributed by atoms with E-state index in [2.05, 4.69) is 151 Å². The Bertz CT molecular complexity index is 2340. The van der Waals surface area contributed by atoms with E-state index < -0.39 is 0 Å². The molecule has 0 spiro atoms. The lowest BCUT2D eigenvalue weighted by Crippen LogP contribution is -1.98. The number of fused-ring (bicyclic) bond motifs is 6. The number of aromatic nitrogens is 2. The van der Waals surface area contributed by atoms with E-state index in [0.717, 1.165) is 11.3 Å². The number of para-hydroxylation sites is 1. The van der Waals surface area contributed by atoms with Gasteiger partial charge in [0.15, 0.2) is 0 Å². The monoisotopic (exact) mass is 550 g/mol. The Morgan fingerprint density at radius 2 is 1.33 bits per heavy atom. The van der Waals surface area contributed by atoms with Gasteiger partial charge in [0.25, 0.3) is 0 Å². The second kappa shape index (κ2) is 10.1. The summed E-state index contributed by atoms with van der Waals surface area (Å²) in [7, 11) is 0. The maximum Gasteiger partial charge on any atom is 0.0615 e. The molecule has 0 bridgehead atoms. The molecule has 0 saturated heterocycles. The molecular weight excluding hydrogens is 520 g/mol. The van der Waals surface area contributed by atoms with Gasteiger partial charge in [0.2, 0.25) is 0 Å². The fourth-order valence-electron chi connectivity index (χ4n) is 6.68. The quantitative estimate of drug-likeness (QED) is 0.199. The first-order chi connectivity index (χ1) is 21.2. The molecule has 0 saturated carbocycles. The van der Waals surface area contributed by atoms with Gasteiger partial charge in [-0.05, 0) is 99.4 Å². The van der Waals surface area contributed by atoms with Gasteiger partial charge in [-0.25, -0.2) is 0 Å². The normalized spacial score (nSPS) is 12.1. The third-order valence-electron chi connectivity index (χ3n) is 8.80. The Kier molecular flexibility index (Phi) is 5.94. The van der Waals surface area contributed by atoms with Crippen LogP contribution in [0.1, 0.15) is 23.7 Å². The van der Waals surface area contributed by atoms with E-state index in [0.29, 0.717) is 0 Å². The molecule has 8 aromatic rings. The van der Waals surface area contributed by atoms with Crippen LogP contribution in [0.25, 0.3) is 71.7 Å². The Hall–Kier alpha value is -5.47. The lowest BCUT2D eigenvalue weighted by molar-refractivity contribution is 1.10. The van der Waals surface area contributed by atoms with E-state index in [4.69, 9.17) is 0 Å². The van der Waals surface area contributed by atoms with Gasteiger partial charge in [-0.1, -0.05) is 97.1 Å². The minimum atomic E-state index is 1.13. The standard InChI is InChI=1S/C41H30N2/c1-27(39-25-30-11-6-7-15-35(30)37-16-8-9-17-38(37)39)23-40-28(2)34-20-19-31-24-29(32-12-10-22-42-26-32)18-21-36(31)41(34)43(40)33-13-4-3-5-14-33/h3-26H,1-2H3/b27-23+. The zero-order valence-corrected chi connectivity index (χ0v) is 24.3. The molecule has 0 N–H and O–H groups in total. The SMILES string of the molecule is C/C(=C\c1c(C)c2ccc3cc(-c4cccnc4)ccc3c2n1-c1ccccc1)c1cc2ccccc2c2ccccc12. The summed E-state index contributed by atoms with van der Waals surface area (Å²) in [6.07, 6.45) is 6.13. The van der Waals surface area contributed by atoms with E-state index in [1.54, 1.807) is 0 Å². The van der Waals surface area contributed by atoms with Crippen LogP contribution in [0.3, 0.4) is 0 Å². The number of pyridine rings is 1. The van der Waals surface area contributed by atoms with Crippen LogP contribution < -0.4 is 0 Å². The van der Waals surface area contributed by atoms with Crippen molar-refractivity contribution in [2.45, 2.75) is 13.8 Å². The average molecular weight is 551 g/mol. The van der Waals surface area contributed by atoms with Crippen molar-refractivity contribution in [3.63, 3.8) is 0 Å². The highest BCUT2D eigenvalue weighted by molar-refractivity contribution is 6.14. The maximum atomic E-state index is 4.34. The molecule has 0 aliphatic heterocycles. The van der Waals surface area contributed by atoms with Crippen LogP contribution in [-0.2, 0) is 0 Å². The van der Waals surface area contributed by atoms with E-state index in [1.165, 1.54) is 71.2 Å². The second-order valence-electron chi connectivity index (χ2n) is 11.3. The van der Waals surface area contributed by atoms with Gasteiger partial charge in [-0.2, -0.15) is 0 Å². The van der Waals surface area contributed by atoms with Gasteiger partial charge in [0.05, 0.1) is 11.2 Å². The first-order valence-corrected chi connectivity index (χ1v) is 14.8. The molecule has 0 unspecified atom stereocenters. The predicted molar refractivity (Wildman–Crippen MR) is 184 cm³/mol. The molecule has 2 heterocycles. The number of benzene rings is 6. The molecule has 2 heteroatoms. The summed E-state index contributed by atoms with van der Waals surface area (Å²) in [6.45, 7) is 4.51. The van der Waals surface area contributed by atoms with Crippen molar-refractivity contribution in [1.82, 2.24) is 9.55 Å². The Labute approximate surface area is 251 Å². The van der Waals surface area contributed by atoms with Crippen molar-refractivity contribution < 1.29 is 0 Å². The minimum absolute atomic E-state index is 1.13. The highest BCUT2D eigenvalue weighted by atomic mass is 15.0. The van der Waals surface area contributed by atoms with Crippen LogP contribution in [0.5, 0.6) is 0 Å². The molecule has 6 aromatic carbocycles. The predicted octanol–water partition coefficient (Wildman–Crippen LogP) is 11.0. The average Bonchev–Trinajstić information content (AvgIpc) is 3.35. The van der Waals surface area contributed by atoms with Gasteiger partial charge in [-0.15, -0.1) is 0 Å². The van der Waals surface area contributed by atoms with E-state index in [9.17, 15) is 0 Å². The van der Waals surface area contributed by atoms with Gasteiger partial charge in [0.1, 0.15) is 0 Å². The van der Waals surface area contributed by atoms with Gasteiger partial charge in [-0.3, -0.25) is 4.98 Å². The third-order valence-corrected chi connectivity index (χ3v) is 8.80. The Balaban J connectivity index is 1.40. The Morgan fingerprint density at radius 3 is 2.14 bits per heavy atom. The molecule has 0 aliphatic rings. The summed E-state index contributed by atoms with van der Waals surface area (Å²) < 4.78 is 2.45. The van der Waals surface area contributed by atoms with E-state index in [-0.39, 0.29) is 0 Å². The van der Waals surface area contributed by atoms with Crippen LogP contribution in [0.4, 0.5) is 0 Å². The van der Waals surface area contributed by atoms with E-state index >= 15 is 0 Å². The highest BCUT2D eigenvalue weighted by Gasteiger charge is 2.18. The van der Waals surface area contributed by atoms with Crippen LogP contribution in [0, 0.1) is 6.92 Å². The summed E-state index contributed by atoms with van der Waals surface area (Å²) >= 11 is 0. The zero-order chi connectivity index (χ0) is 28.9. The summed E-state index contributed by atoms with van der Waals surface area (Å²) in [5, 5.41) is 8.86. The molecular formula is C41H30N2. The summed E-state index contributed by atoms with van der Waals surface area (Å²) in [5.41, 5.74) is 9.70. The number of nitrogens with zero attached hydrogens (tertiary/aromatic N) is 2. The van der Waals surface area contributed by atoms with Crippen molar-refractivity contribution in [3.05, 3.63) is 157 Å². The number of aryl methyl sites for hydroxylation is 1. The molecule has 0 amide bonds. The number of allylic oxidation sites excluding steroid dienone is 1. The summed E-state index contributed by atoms with van der Waals surface area (Å²) in [6, 6.07) is 46.0. The van der Waals surface area contributed by atoms with Gasteiger partial charge >= 0.3 is 0 Å². The number of rotatable bonds is 4. The molecule has 43 heavy (non-hydrogen) atoms. The van der Waals surface area contributed by atoms with Gasteiger partial charge < -0.3 is 4.57 Å². The maximum absolute atomic E-state index is 4.34. The third kappa shape index (κ3) is 4.14. The molecule has 204 valence electrons. The molecule has 0 atom stereocenters. The lowest BCUT2D eigenvalue weighted by atomic mass is 9.93. The largest absolute Gasteiger partial charge is 0.309 e. The lowest BCUT2D eigenvalue weighted by Gasteiger charge is -2.14. The fraction of sp³-hybridized carbons (Fsp3) is 0.0488. The first kappa shape index (κ1) is 25.3. The fourth-order valence-corrected chi connectivity index (χ4v) is 6.68. The molecule has 2 nitrogen and oxygen atoms in total. The number of hydrogen-bond donors (Lipinski definition) is 0. The van der Waals surface area contributed by atoms with Crippen LogP contribution in [0.15, 0.2) is 140 Å². The topological polar surface area (TPSA) is 17.8 Å². The Morgan fingerprint density at radius 1 is 0.605 bits per heavy atom. The molecule has 0 radical (unpaired) electrons. The van der Waals surface area contributed by atoms with Gasteiger partial charge in [0, 0.05) is 34.4 Å². The van der Waals surface area contributed by atoms with Crippen molar-refractivity contribution in [2.75, 3.05) is 0 Å². The van der Waals surface area contributed by atoms with Crippen LogP contribution in [-0.4, -0.2) is 9.55 Å². The number of hydrogen-bond acceptors (Lipinski definition) is 1. The van der Waals surface area contributed by atoms with Crippen LogP contribution in [0.2, 0.25) is 0 Å². The van der Waals surface area contributed by atoms with Crippen molar-refractivity contribution >= 4 is 54.9 Å². The zero-order valence-electron chi connectivity index (χ0n) is 24.3. The molecule has 8 rings (SSSR count).